The standard InChI is InChI=1S/C13H21N3O2S/c14-13(12-6-2-1-3-7-12)8-9-15-19(17,18)16-10-4-5-11-16/h1-3,6-7,13,15H,4-5,8-11,14H2. The Morgan fingerprint density at radius 3 is 2.47 bits per heavy atom. The van der Waals surface area contributed by atoms with Gasteiger partial charge in [-0.2, -0.15) is 12.7 Å². The monoisotopic (exact) mass is 283 g/mol. The molecule has 1 unspecified atom stereocenters. The number of hydrogen-bond donors (Lipinski definition) is 2. The van der Waals surface area contributed by atoms with Gasteiger partial charge in [0.1, 0.15) is 0 Å². The van der Waals surface area contributed by atoms with Gasteiger partial charge in [0.25, 0.3) is 10.2 Å². The van der Waals surface area contributed by atoms with Crippen LogP contribution in [0.15, 0.2) is 30.3 Å². The van der Waals surface area contributed by atoms with Crippen molar-refractivity contribution in [3.63, 3.8) is 0 Å². The maximum atomic E-state index is 11.9. The largest absolute Gasteiger partial charge is 0.324 e. The molecule has 1 aliphatic heterocycles. The molecule has 6 heteroatoms. The van der Waals surface area contributed by atoms with Crippen LogP contribution in [0.2, 0.25) is 0 Å². The predicted molar refractivity (Wildman–Crippen MR) is 75.7 cm³/mol. The fourth-order valence-corrected chi connectivity index (χ4v) is 3.53. The minimum Gasteiger partial charge on any atom is -0.324 e. The number of benzene rings is 1. The van der Waals surface area contributed by atoms with Gasteiger partial charge in [0.15, 0.2) is 0 Å². The van der Waals surface area contributed by atoms with Crippen molar-refractivity contribution in [1.29, 1.82) is 0 Å². The second-order valence-electron chi connectivity index (χ2n) is 4.81. The highest BCUT2D eigenvalue weighted by Crippen LogP contribution is 2.14. The minimum absolute atomic E-state index is 0.137. The first kappa shape index (κ1) is 14.5. The molecular weight excluding hydrogens is 262 g/mol. The summed E-state index contributed by atoms with van der Waals surface area (Å²) >= 11 is 0. The van der Waals surface area contributed by atoms with Gasteiger partial charge in [0, 0.05) is 25.7 Å². The van der Waals surface area contributed by atoms with Crippen LogP contribution >= 0.6 is 0 Å². The van der Waals surface area contributed by atoms with E-state index >= 15 is 0 Å². The highest BCUT2D eigenvalue weighted by Gasteiger charge is 2.24. The van der Waals surface area contributed by atoms with Gasteiger partial charge in [0.2, 0.25) is 0 Å². The van der Waals surface area contributed by atoms with Gasteiger partial charge in [0.05, 0.1) is 0 Å². The highest BCUT2D eigenvalue weighted by molar-refractivity contribution is 7.87. The Hall–Kier alpha value is -0.950. The molecule has 0 radical (unpaired) electrons. The molecule has 1 aromatic rings. The van der Waals surface area contributed by atoms with Crippen molar-refractivity contribution < 1.29 is 8.42 Å². The fourth-order valence-electron chi connectivity index (χ4n) is 2.23. The molecule has 0 spiro atoms. The molecule has 1 aromatic carbocycles. The van der Waals surface area contributed by atoms with E-state index in [9.17, 15) is 8.42 Å². The normalized spacial score (nSPS) is 18.6. The van der Waals surface area contributed by atoms with Crippen LogP contribution in [0.25, 0.3) is 0 Å². The quantitative estimate of drug-likeness (QED) is 0.818. The molecule has 1 aliphatic rings. The summed E-state index contributed by atoms with van der Waals surface area (Å²) in [6.45, 7) is 1.62. The highest BCUT2D eigenvalue weighted by atomic mass is 32.2. The molecule has 3 N–H and O–H groups in total. The molecule has 0 saturated carbocycles. The van der Waals surface area contributed by atoms with Gasteiger partial charge in [-0.15, -0.1) is 0 Å². The third-order valence-corrected chi connectivity index (χ3v) is 4.99. The lowest BCUT2D eigenvalue weighted by molar-refractivity contribution is 0.462. The molecule has 1 fully saturated rings. The van der Waals surface area contributed by atoms with Gasteiger partial charge in [-0.3, -0.25) is 0 Å². The maximum absolute atomic E-state index is 11.9. The van der Waals surface area contributed by atoms with E-state index in [0.29, 0.717) is 26.1 Å². The topological polar surface area (TPSA) is 75.4 Å². The molecule has 106 valence electrons. The summed E-state index contributed by atoms with van der Waals surface area (Å²) in [6.07, 6.45) is 2.49. The fraction of sp³-hybridized carbons (Fsp3) is 0.538. The first-order valence-corrected chi connectivity index (χ1v) is 8.09. The molecule has 5 nitrogen and oxygen atoms in total. The van der Waals surface area contributed by atoms with Crippen molar-refractivity contribution in [3.8, 4) is 0 Å². The first-order valence-electron chi connectivity index (χ1n) is 6.65. The Morgan fingerprint density at radius 1 is 1.21 bits per heavy atom. The Balaban J connectivity index is 1.80. The Kier molecular flexibility index (Phi) is 4.93. The summed E-state index contributed by atoms with van der Waals surface area (Å²) in [7, 11) is -3.31. The lowest BCUT2D eigenvalue weighted by atomic mass is 10.1. The molecule has 19 heavy (non-hydrogen) atoms. The van der Waals surface area contributed by atoms with Crippen LogP contribution in [0, 0.1) is 0 Å². The van der Waals surface area contributed by atoms with Gasteiger partial charge in [-0.05, 0) is 24.8 Å². The second-order valence-corrected chi connectivity index (χ2v) is 6.57. The Morgan fingerprint density at radius 2 is 1.84 bits per heavy atom. The average molecular weight is 283 g/mol. The van der Waals surface area contributed by atoms with E-state index < -0.39 is 10.2 Å². The van der Waals surface area contributed by atoms with E-state index in [4.69, 9.17) is 5.73 Å². The molecule has 0 aliphatic carbocycles. The van der Waals surface area contributed by atoms with Gasteiger partial charge >= 0.3 is 0 Å². The zero-order valence-corrected chi connectivity index (χ0v) is 11.8. The number of nitrogens with one attached hydrogen (secondary N) is 1. The Labute approximate surface area is 115 Å². The molecule has 0 aromatic heterocycles. The van der Waals surface area contributed by atoms with E-state index in [1.54, 1.807) is 0 Å². The van der Waals surface area contributed by atoms with Crippen LogP contribution in [-0.4, -0.2) is 32.4 Å². The smallest absolute Gasteiger partial charge is 0.279 e. The van der Waals surface area contributed by atoms with Crippen molar-refractivity contribution >= 4 is 10.2 Å². The number of hydrogen-bond acceptors (Lipinski definition) is 3. The van der Waals surface area contributed by atoms with Crippen LogP contribution < -0.4 is 10.5 Å². The summed E-state index contributed by atoms with van der Waals surface area (Å²) in [5.74, 6) is 0. The first-order chi connectivity index (χ1) is 9.09. The molecule has 1 saturated heterocycles. The van der Waals surface area contributed by atoms with E-state index in [0.717, 1.165) is 18.4 Å². The van der Waals surface area contributed by atoms with E-state index in [1.165, 1.54) is 4.31 Å². The SMILES string of the molecule is NC(CCNS(=O)(=O)N1CCCC1)c1ccccc1. The second kappa shape index (κ2) is 6.47. The van der Waals surface area contributed by atoms with E-state index in [-0.39, 0.29) is 6.04 Å². The molecule has 1 atom stereocenters. The van der Waals surface area contributed by atoms with Crippen LogP contribution in [0.3, 0.4) is 0 Å². The summed E-state index contributed by atoms with van der Waals surface area (Å²) in [5, 5.41) is 0. The predicted octanol–water partition coefficient (Wildman–Crippen LogP) is 1.01. The van der Waals surface area contributed by atoms with Crippen molar-refractivity contribution in [2.24, 2.45) is 5.73 Å². The number of rotatable bonds is 6. The van der Waals surface area contributed by atoms with Gasteiger partial charge in [-0.1, -0.05) is 30.3 Å². The maximum Gasteiger partial charge on any atom is 0.279 e. The zero-order valence-electron chi connectivity index (χ0n) is 11.0. The molecule has 2 rings (SSSR count). The zero-order chi connectivity index (χ0) is 13.7. The van der Waals surface area contributed by atoms with Gasteiger partial charge < -0.3 is 5.73 Å². The lowest BCUT2D eigenvalue weighted by Gasteiger charge is -2.17. The van der Waals surface area contributed by atoms with Crippen molar-refractivity contribution in [1.82, 2.24) is 9.03 Å². The summed E-state index contributed by atoms with van der Waals surface area (Å²) < 4.78 is 28.0. The molecule has 0 amide bonds. The van der Waals surface area contributed by atoms with E-state index in [2.05, 4.69) is 4.72 Å². The third kappa shape index (κ3) is 4.01. The van der Waals surface area contributed by atoms with Crippen LogP contribution in [-0.2, 0) is 10.2 Å². The summed E-state index contributed by atoms with van der Waals surface area (Å²) in [5.41, 5.74) is 7.06. The Bertz CT molecular complexity index is 484. The van der Waals surface area contributed by atoms with Crippen molar-refractivity contribution in [2.45, 2.75) is 25.3 Å². The molecular formula is C13H21N3O2S. The number of nitrogens with two attached hydrogens (primary N) is 1. The van der Waals surface area contributed by atoms with Crippen LogP contribution in [0.1, 0.15) is 30.9 Å². The van der Waals surface area contributed by atoms with Crippen molar-refractivity contribution in [3.05, 3.63) is 35.9 Å². The number of nitrogens with zero attached hydrogens (tertiary/aromatic N) is 1. The third-order valence-electron chi connectivity index (χ3n) is 3.37. The molecule has 0 bridgehead atoms. The minimum atomic E-state index is -3.31. The van der Waals surface area contributed by atoms with Crippen molar-refractivity contribution in [2.75, 3.05) is 19.6 Å². The van der Waals surface area contributed by atoms with Gasteiger partial charge in [-0.25, -0.2) is 4.72 Å². The average Bonchev–Trinajstić information content (AvgIpc) is 2.94. The van der Waals surface area contributed by atoms with Crippen LogP contribution in [0.5, 0.6) is 0 Å². The lowest BCUT2D eigenvalue weighted by Crippen LogP contribution is -2.39. The van der Waals surface area contributed by atoms with Crippen LogP contribution in [0.4, 0.5) is 0 Å². The van der Waals surface area contributed by atoms with E-state index in [1.807, 2.05) is 30.3 Å². The summed E-state index contributed by atoms with van der Waals surface area (Å²) in [4.78, 5) is 0. The summed E-state index contributed by atoms with van der Waals surface area (Å²) in [6, 6.07) is 9.58. The molecule has 1 heterocycles.